The van der Waals surface area contributed by atoms with Crippen molar-refractivity contribution in [3.05, 3.63) is 78.4 Å². The van der Waals surface area contributed by atoms with Crippen molar-refractivity contribution >= 4 is 29.2 Å². The maximum Gasteiger partial charge on any atom is 0.329 e. The lowest BCUT2D eigenvalue weighted by atomic mass is 10.2. The lowest BCUT2D eigenvalue weighted by molar-refractivity contribution is 0.216. The number of nitrogens with zero attached hydrogens (tertiary/aromatic N) is 2. The van der Waals surface area contributed by atoms with Crippen LogP contribution in [0.5, 0.6) is 5.75 Å². The van der Waals surface area contributed by atoms with E-state index < -0.39 is 0 Å². The van der Waals surface area contributed by atoms with Crippen molar-refractivity contribution in [2.75, 3.05) is 19.1 Å². The minimum atomic E-state index is -0.0500. The number of fused-ring (bicyclic) bond motifs is 2. The quantitative estimate of drug-likeness (QED) is 0.601. The molecule has 0 spiro atoms. The van der Waals surface area contributed by atoms with Crippen molar-refractivity contribution in [3.63, 3.8) is 0 Å². The predicted octanol–water partition coefficient (Wildman–Crippen LogP) is 5.55. The van der Waals surface area contributed by atoms with E-state index in [-0.39, 0.29) is 6.03 Å². The van der Waals surface area contributed by atoms with E-state index in [0.717, 1.165) is 32.5 Å². The van der Waals surface area contributed by atoms with Gasteiger partial charge < -0.3 is 9.64 Å². The van der Waals surface area contributed by atoms with Gasteiger partial charge in [-0.3, -0.25) is 4.90 Å². The Kier molecular flexibility index (Phi) is 4.77. The minimum absolute atomic E-state index is 0.0500. The number of rotatable bonds is 3. The summed E-state index contributed by atoms with van der Waals surface area (Å²) >= 11 is 1.70. The molecule has 0 saturated heterocycles. The number of methoxy groups -OCH3 is 1. The summed E-state index contributed by atoms with van der Waals surface area (Å²) in [6.07, 6.45) is 0. The number of amides is 2. The van der Waals surface area contributed by atoms with E-state index in [1.165, 1.54) is 0 Å². The Balaban J connectivity index is 1.64. The van der Waals surface area contributed by atoms with Crippen molar-refractivity contribution in [3.8, 4) is 5.75 Å². The summed E-state index contributed by atoms with van der Waals surface area (Å²) in [7, 11) is 3.48. The highest BCUT2D eigenvalue weighted by Gasteiger charge is 2.29. The van der Waals surface area contributed by atoms with E-state index in [1.54, 1.807) is 23.8 Å². The highest BCUT2D eigenvalue weighted by Crippen LogP contribution is 2.48. The van der Waals surface area contributed by atoms with E-state index in [9.17, 15) is 4.79 Å². The van der Waals surface area contributed by atoms with E-state index in [0.29, 0.717) is 6.54 Å². The van der Waals surface area contributed by atoms with Crippen LogP contribution in [-0.2, 0) is 6.54 Å². The molecule has 3 aromatic carbocycles. The summed E-state index contributed by atoms with van der Waals surface area (Å²) in [5, 5.41) is 0. The molecule has 0 fully saturated rings. The number of urea groups is 1. The van der Waals surface area contributed by atoms with Crippen molar-refractivity contribution < 1.29 is 9.53 Å². The van der Waals surface area contributed by atoms with Gasteiger partial charge in [0.2, 0.25) is 0 Å². The van der Waals surface area contributed by atoms with Crippen LogP contribution < -0.4 is 9.64 Å². The third-order valence-electron chi connectivity index (χ3n) is 4.53. The molecule has 2 amide bonds. The van der Waals surface area contributed by atoms with Crippen molar-refractivity contribution in [1.82, 2.24) is 4.90 Å². The second-order valence-electron chi connectivity index (χ2n) is 6.36. The Bertz CT molecular complexity index is 927. The van der Waals surface area contributed by atoms with E-state index >= 15 is 0 Å². The SMILES string of the molecule is COc1ccc(CN(C)C(=O)N2c3ccccc3Sc3ccccc32)cc1. The van der Waals surface area contributed by atoms with Crippen LogP contribution in [0.1, 0.15) is 5.56 Å². The average Bonchev–Trinajstić information content (AvgIpc) is 2.72. The summed E-state index contributed by atoms with van der Waals surface area (Å²) in [5.74, 6) is 0.809. The smallest absolute Gasteiger partial charge is 0.329 e. The molecule has 1 aliphatic rings. The van der Waals surface area contributed by atoms with Crippen LogP contribution in [-0.4, -0.2) is 25.1 Å². The van der Waals surface area contributed by atoms with Gasteiger partial charge in [-0.15, -0.1) is 0 Å². The molecule has 3 aromatic rings. The summed E-state index contributed by atoms with van der Waals surface area (Å²) in [6, 6.07) is 23.8. The van der Waals surface area contributed by atoms with Gasteiger partial charge >= 0.3 is 6.03 Å². The fraction of sp³-hybridized carbons (Fsp3) is 0.136. The molecular weight excluding hydrogens is 356 g/mol. The first-order valence-corrected chi connectivity index (χ1v) is 9.53. The fourth-order valence-corrected chi connectivity index (χ4v) is 4.21. The van der Waals surface area contributed by atoms with Crippen molar-refractivity contribution in [1.29, 1.82) is 0 Å². The maximum absolute atomic E-state index is 13.4. The number of hydrogen-bond donors (Lipinski definition) is 0. The van der Waals surface area contributed by atoms with Gasteiger partial charge in [-0.25, -0.2) is 4.79 Å². The number of carbonyl (C=O) groups is 1. The molecule has 27 heavy (non-hydrogen) atoms. The first-order chi connectivity index (χ1) is 13.2. The standard InChI is InChI=1S/C22H20N2O2S/c1-23(15-16-11-13-17(26-2)14-12-16)22(25)24-18-7-3-5-9-20(18)27-21-10-6-4-8-19(21)24/h3-14H,15H2,1-2H3. The second-order valence-corrected chi connectivity index (χ2v) is 7.44. The van der Waals surface area contributed by atoms with E-state index in [2.05, 4.69) is 12.1 Å². The van der Waals surface area contributed by atoms with Gasteiger partial charge in [0, 0.05) is 23.4 Å². The minimum Gasteiger partial charge on any atom is -0.497 e. The summed E-state index contributed by atoms with van der Waals surface area (Å²) in [6.45, 7) is 0.525. The number of para-hydroxylation sites is 2. The van der Waals surface area contributed by atoms with Crippen LogP contribution in [0.3, 0.4) is 0 Å². The van der Waals surface area contributed by atoms with Crippen LogP contribution in [0.2, 0.25) is 0 Å². The molecule has 0 aliphatic carbocycles. The Morgan fingerprint density at radius 3 is 2.04 bits per heavy atom. The maximum atomic E-state index is 13.4. The van der Waals surface area contributed by atoms with E-state index in [4.69, 9.17) is 4.74 Å². The monoisotopic (exact) mass is 376 g/mol. The van der Waals surface area contributed by atoms with Crippen molar-refractivity contribution in [2.24, 2.45) is 0 Å². The van der Waals surface area contributed by atoms with Gasteiger partial charge in [0.15, 0.2) is 0 Å². The molecule has 0 atom stereocenters. The number of anilines is 2. The van der Waals surface area contributed by atoms with Gasteiger partial charge in [0.1, 0.15) is 5.75 Å². The lowest BCUT2D eigenvalue weighted by Gasteiger charge is -2.34. The van der Waals surface area contributed by atoms with Gasteiger partial charge in [0.05, 0.1) is 18.5 Å². The third kappa shape index (κ3) is 3.38. The third-order valence-corrected chi connectivity index (χ3v) is 5.66. The van der Waals surface area contributed by atoms with Gasteiger partial charge in [0.25, 0.3) is 0 Å². The summed E-state index contributed by atoms with van der Waals surface area (Å²) in [4.78, 5) is 19.1. The Hall–Kier alpha value is -2.92. The normalized spacial score (nSPS) is 12.1. The molecule has 136 valence electrons. The highest BCUT2D eigenvalue weighted by atomic mass is 32.2. The largest absolute Gasteiger partial charge is 0.497 e. The number of ether oxygens (including phenoxy) is 1. The average molecular weight is 376 g/mol. The molecular formula is C22H20N2O2S. The lowest BCUT2D eigenvalue weighted by Crippen LogP contribution is -2.39. The molecule has 1 aliphatic heterocycles. The predicted molar refractivity (Wildman–Crippen MR) is 109 cm³/mol. The molecule has 5 heteroatoms. The second kappa shape index (κ2) is 7.37. The van der Waals surface area contributed by atoms with Gasteiger partial charge in [-0.05, 0) is 42.0 Å². The molecule has 4 nitrogen and oxygen atoms in total. The molecule has 0 radical (unpaired) electrons. The number of carbonyl (C=O) groups excluding carboxylic acids is 1. The summed E-state index contributed by atoms with van der Waals surface area (Å²) < 4.78 is 5.20. The topological polar surface area (TPSA) is 32.8 Å². The van der Waals surface area contributed by atoms with Crippen LogP contribution >= 0.6 is 11.8 Å². The van der Waals surface area contributed by atoms with Crippen LogP contribution in [0.25, 0.3) is 0 Å². The zero-order valence-corrected chi connectivity index (χ0v) is 16.1. The zero-order chi connectivity index (χ0) is 18.8. The molecule has 4 rings (SSSR count). The zero-order valence-electron chi connectivity index (χ0n) is 15.3. The molecule has 0 saturated carbocycles. The number of benzene rings is 3. The summed E-state index contributed by atoms with van der Waals surface area (Å²) in [5.41, 5.74) is 2.90. The van der Waals surface area contributed by atoms with Crippen molar-refractivity contribution in [2.45, 2.75) is 16.3 Å². The van der Waals surface area contributed by atoms with Gasteiger partial charge in [-0.1, -0.05) is 48.2 Å². The molecule has 1 heterocycles. The molecule has 0 aromatic heterocycles. The van der Waals surface area contributed by atoms with Crippen LogP contribution in [0, 0.1) is 0 Å². The Morgan fingerprint density at radius 2 is 1.48 bits per heavy atom. The fourth-order valence-electron chi connectivity index (χ4n) is 3.15. The number of hydrogen-bond acceptors (Lipinski definition) is 3. The highest BCUT2D eigenvalue weighted by molar-refractivity contribution is 7.99. The van der Waals surface area contributed by atoms with Crippen LogP contribution in [0.4, 0.5) is 16.2 Å². The first kappa shape index (κ1) is 17.5. The Morgan fingerprint density at radius 1 is 0.926 bits per heavy atom. The molecule has 0 unspecified atom stereocenters. The first-order valence-electron chi connectivity index (χ1n) is 8.71. The van der Waals surface area contributed by atoms with Crippen LogP contribution in [0.15, 0.2) is 82.6 Å². The molecule has 0 N–H and O–H groups in total. The molecule has 0 bridgehead atoms. The Labute approximate surface area is 163 Å². The van der Waals surface area contributed by atoms with Gasteiger partial charge in [-0.2, -0.15) is 0 Å². The van der Waals surface area contributed by atoms with E-state index in [1.807, 2.05) is 72.6 Å².